The van der Waals surface area contributed by atoms with Crippen molar-refractivity contribution in [2.75, 3.05) is 25.7 Å². The topological polar surface area (TPSA) is 71.9 Å². The zero-order chi connectivity index (χ0) is 28.6. The van der Waals surface area contributed by atoms with E-state index in [2.05, 4.69) is 59.3 Å². The Labute approximate surface area is 247 Å². The van der Waals surface area contributed by atoms with Gasteiger partial charge in [0.1, 0.15) is 5.75 Å². The van der Waals surface area contributed by atoms with Crippen molar-refractivity contribution < 1.29 is 19.4 Å². The number of aliphatic hydroxyl groups is 1. The van der Waals surface area contributed by atoms with Crippen molar-refractivity contribution in [3.05, 3.63) is 59.8 Å². The predicted octanol–water partition coefficient (Wildman–Crippen LogP) is 7.31. The fourth-order valence-electron chi connectivity index (χ4n) is 7.63. The Morgan fingerprint density at radius 3 is 2.37 bits per heavy atom. The first-order valence-electron chi connectivity index (χ1n) is 15.1. The predicted molar refractivity (Wildman–Crippen MR) is 164 cm³/mol. The van der Waals surface area contributed by atoms with Crippen LogP contribution < -0.4 is 14.4 Å². The lowest BCUT2D eigenvalue weighted by Gasteiger charge is -2.55. The molecule has 4 fully saturated rings. The Balaban J connectivity index is 1.26. The molecule has 0 atom stereocenters. The highest BCUT2D eigenvalue weighted by atomic mass is 32.1. The molecule has 4 aliphatic carbocycles. The Morgan fingerprint density at radius 1 is 1.00 bits per heavy atom. The highest BCUT2D eigenvalue weighted by Crippen LogP contribution is 2.58. The molecule has 1 aromatic heterocycles. The van der Waals surface area contributed by atoms with E-state index in [-0.39, 0.29) is 28.8 Å². The molecule has 3 aromatic rings. The minimum Gasteiger partial charge on any atom is -0.496 e. The quantitative estimate of drug-likeness (QED) is 0.305. The van der Waals surface area contributed by atoms with Gasteiger partial charge in [-0.3, -0.25) is 4.79 Å². The summed E-state index contributed by atoms with van der Waals surface area (Å²) in [5, 5.41) is 10.7. The summed E-state index contributed by atoms with van der Waals surface area (Å²) in [7, 11) is 3.38. The van der Waals surface area contributed by atoms with E-state index in [9.17, 15) is 9.90 Å². The second kappa shape index (κ2) is 11.4. The zero-order valence-corrected chi connectivity index (χ0v) is 25.3. The van der Waals surface area contributed by atoms with Crippen LogP contribution in [-0.2, 0) is 10.2 Å². The highest BCUT2D eigenvalue weighted by molar-refractivity contribution is 7.16. The maximum Gasteiger partial charge on any atom is 0.273 e. The van der Waals surface area contributed by atoms with Gasteiger partial charge in [0, 0.05) is 24.3 Å². The summed E-state index contributed by atoms with van der Waals surface area (Å²) in [5.74, 6) is 1.14. The number of hydrogen-bond acceptors (Lipinski definition) is 6. The second-order valence-electron chi connectivity index (χ2n) is 12.6. The van der Waals surface area contributed by atoms with E-state index in [1.54, 1.807) is 14.2 Å². The average molecular weight is 575 g/mol. The third-order valence-corrected chi connectivity index (χ3v) is 11.3. The highest BCUT2D eigenvalue weighted by Gasteiger charge is 2.50. The number of anilines is 1. The molecule has 2 aromatic carbocycles. The minimum atomic E-state index is -0.276. The number of thiazole rings is 1. The number of hydrogen-bond donors (Lipinski definition) is 1. The zero-order valence-electron chi connectivity index (χ0n) is 24.5. The molecule has 1 N–H and O–H groups in total. The Kier molecular flexibility index (Phi) is 7.86. The van der Waals surface area contributed by atoms with Crippen molar-refractivity contribution in [3.8, 4) is 21.4 Å². The molecule has 7 rings (SSSR count). The molecule has 6 nitrogen and oxygen atoms in total. The number of benzene rings is 2. The first kappa shape index (κ1) is 28.2. The van der Waals surface area contributed by atoms with Crippen molar-refractivity contribution in [3.63, 3.8) is 0 Å². The summed E-state index contributed by atoms with van der Waals surface area (Å²) in [4.78, 5) is 21.7. The van der Waals surface area contributed by atoms with Gasteiger partial charge in [-0.05, 0) is 117 Å². The van der Waals surface area contributed by atoms with Crippen LogP contribution in [0.25, 0.3) is 10.4 Å². The molecule has 41 heavy (non-hydrogen) atoms. The molecule has 0 unspecified atom stereocenters. The van der Waals surface area contributed by atoms with Crippen LogP contribution in [0.15, 0.2) is 48.7 Å². The number of methoxy groups -OCH3 is 2. The van der Waals surface area contributed by atoms with Crippen LogP contribution in [0.1, 0.15) is 75.3 Å². The SMILES string of the molecule is COc1ncc(-c2cccc(N(CC34CCC(c5ccc(OC)c(C)c5)(CC3)CC4)C(=O)C3CCC(O)CC3)c2)s1. The van der Waals surface area contributed by atoms with E-state index < -0.39 is 0 Å². The van der Waals surface area contributed by atoms with Crippen molar-refractivity contribution in [1.29, 1.82) is 0 Å². The number of aryl methyl sites for hydroxylation is 1. The van der Waals surface area contributed by atoms with Gasteiger partial charge in [-0.2, -0.15) is 0 Å². The molecule has 0 spiro atoms. The molecule has 4 saturated carbocycles. The van der Waals surface area contributed by atoms with Gasteiger partial charge in [0.15, 0.2) is 0 Å². The summed E-state index contributed by atoms with van der Waals surface area (Å²) < 4.78 is 10.9. The Morgan fingerprint density at radius 2 is 1.73 bits per heavy atom. The van der Waals surface area contributed by atoms with Gasteiger partial charge in [-0.1, -0.05) is 35.6 Å². The number of rotatable bonds is 8. The first-order valence-corrected chi connectivity index (χ1v) is 15.9. The molecule has 2 bridgehead atoms. The summed E-state index contributed by atoms with van der Waals surface area (Å²) in [6, 6.07) is 15.1. The number of amides is 1. The van der Waals surface area contributed by atoms with Crippen molar-refractivity contribution in [2.45, 2.75) is 82.7 Å². The third kappa shape index (κ3) is 5.51. The Hall–Kier alpha value is -2.90. The molecular weight excluding hydrogens is 532 g/mol. The lowest BCUT2D eigenvalue weighted by Crippen LogP contribution is -2.51. The fourth-order valence-corrected chi connectivity index (χ4v) is 8.36. The standard InChI is InChI=1S/C34H42N2O4S/c1-23-19-26(9-12-29(23)39-2)34-16-13-33(14-17-34,15-18-34)22-36(31(38)24-7-10-28(37)11-8-24)27-6-4-5-25(20-27)30-21-35-32(40-3)41-30/h4-6,9,12,19-21,24,28,37H,7-8,10-11,13-18,22H2,1-3H3. The number of aromatic nitrogens is 1. The fraction of sp³-hybridized carbons (Fsp3) is 0.529. The lowest BCUT2D eigenvalue weighted by atomic mass is 9.51. The average Bonchev–Trinajstić information content (AvgIpc) is 3.51. The van der Waals surface area contributed by atoms with Crippen LogP contribution >= 0.6 is 11.3 Å². The van der Waals surface area contributed by atoms with Crippen molar-refractivity contribution >= 4 is 22.9 Å². The van der Waals surface area contributed by atoms with Gasteiger partial charge in [-0.15, -0.1) is 0 Å². The molecule has 0 aliphatic heterocycles. The number of ether oxygens (including phenoxy) is 2. The van der Waals surface area contributed by atoms with Crippen LogP contribution in [0, 0.1) is 18.3 Å². The van der Waals surface area contributed by atoms with E-state index >= 15 is 0 Å². The summed E-state index contributed by atoms with van der Waals surface area (Å²) in [6.45, 7) is 2.90. The molecule has 1 amide bonds. The van der Waals surface area contributed by atoms with E-state index in [1.807, 2.05) is 6.20 Å². The third-order valence-electron chi connectivity index (χ3n) is 10.3. The van der Waals surface area contributed by atoms with E-state index in [0.29, 0.717) is 18.0 Å². The van der Waals surface area contributed by atoms with E-state index in [0.717, 1.165) is 79.8 Å². The normalized spacial score (nSPS) is 27.4. The lowest BCUT2D eigenvalue weighted by molar-refractivity contribution is -0.124. The molecule has 0 radical (unpaired) electrons. The van der Waals surface area contributed by atoms with Gasteiger partial charge in [0.05, 0.1) is 25.2 Å². The van der Waals surface area contributed by atoms with Gasteiger partial charge >= 0.3 is 0 Å². The molecule has 7 heteroatoms. The number of carbonyl (C=O) groups excluding carboxylic acids is 1. The van der Waals surface area contributed by atoms with Crippen LogP contribution in [0.3, 0.4) is 0 Å². The molecule has 4 aliphatic rings. The van der Waals surface area contributed by atoms with Gasteiger partial charge in [-0.25, -0.2) is 4.98 Å². The van der Waals surface area contributed by atoms with Crippen LogP contribution in [-0.4, -0.2) is 42.9 Å². The largest absolute Gasteiger partial charge is 0.496 e. The molecule has 0 saturated heterocycles. The number of fused-ring (bicyclic) bond motifs is 3. The van der Waals surface area contributed by atoms with Crippen LogP contribution in [0.4, 0.5) is 5.69 Å². The van der Waals surface area contributed by atoms with Gasteiger partial charge < -0.3 is 19.5 Å². The number of aliphatic hydroxyl groups excluding tert-OH is 1. The molecule has 218 valence electrons. The van der Waals surface area contributed by atoms with Gasteiger partial charge in [0.25, 0.3) is 5.19 Å². The maximum atomic E-state index is 14.2. The molecular formula is C34H42N2O4S. The maximum absolute atomic E-state index is 14.2. The number of nitrogens with zero attached hydrogens (tertiary/aromatic N) is 2. The monoisotopic (exact) mass is 574 g/mol. The number of carbonyl (C=O) groups is 1. The smallest absolute Gasteiger partial charge is 0.273 e. The van der Waals surface area contributed by atoms with Gasteiger partial charge in [0.2, 0.25) is 5.91 Å². The molecule has 1 heterocycles. The van der Waals surface area contributed by atoms with Crippen molar-refractivity contribution in [1.82, 2.24) is 4.98 Å². The first-order chi connectivity index (χ1) is 19.8. The van der Waals surface area contributed by atoms with E-state index in [1.165, 1.54) is 22.5 Å². The summed E-state index contributed by atoms with van der Waals surface area (Å²) in [5.41, 5.74) is 5.04. The summed E-state index contributed by atoms with van der Waals surface area (Å²) >= 11 is 1.52. The van der Waals surface area contributed by atoms with Crippen molar-refractivity contribution in [2.24, 2.45) is 11.3 Å². The minimum absolute atomic E-state index is 0.0319. The van der Waals surface area contributed by atoms with Crippen LogP contribution in [0.2, 0.25) is 0 Å². The second-order valence-corrected chi connectivity index (χ2v) is 13.6. The Bertz CT molecular complexity index is 1370. The van der Waals surface area contributed by atoms with Crippen LogP contribution in [0.5, 0.6) is 10.9 Å². The summed E-state index contributed by atoms with van der Waals surface area (Å²) in [6.07, 6.45) is 11.4. The van der Waals surface area contributed by atoms with E-state index in [4.69, 9.17) is 9.47 Å².